The molecule has 0 aromatic carbocycles. The molecule has 1 atom stereocenters. The van der Waals surface area contributed by atoms with Crippen LogP contribution in [0.2, 0.25) is 0 Å². The van der Waals surface area contributed by atoms with Crippen LogP contribution in [0.1, 0.15) is 33.6 Å². The minimum absolute atomic E-state index is 0.327. The molecule has 3 heteroatoms. The SMILES string of the molecule is CCN(CC1(CNC)CCCOC1)C(C)C. The van der Waals surface area contributed by atoms with E-state index in [9.17, 15) is 0 Å². The molecule has 16 heavy (non-hydrogen) atoms. The van der Waals surface area contributed by atoms with Gasteiger partial charge in [0.25, 0.3) is 0 Å². The molecule has 1 rings (SSSR count). The second-order valence-corrected chi connectivity index (χ2v) is 5.34. The Labute approximate surface area is 101 Å². The number of rotatable bonds is 6. The van der Waals surface area contributed by atoms with Gasteiger partial charge in [0.15, 0.2) is 0 Å². The van der Waals surface area contributed by atoms with Crippen molar-refractivity contribution in [3.8, 4) is 0 Å². The molecule has 1 unspecified atom stereocenters. The number of nitrogens with one attached hydrogen (secondary N) is 1. The fraction of sp³-hybridized carbons (Fsp3) is 1.00. The van der Waals surface area contributed by atoms with Crippen LogP contribution in [0, 0.1) is 5.41 Å². The Bertz CT molecular complexity index is 183. The Morgan fingerprint density at radius 2 is 2.19 bits per heavy atom. The van der Waals surface area contributed by atoms with Gasteiger partial charge in [-0.3, -0.25) is 0 Å². The van der Waals surface area contributed by atoms with Crippen molar-refractivity contribution >= 4 is 0 Å². The predicted molar refractivity (Wildman–Crippen MR) is 68.8 cm³/mol. The van der Waals surface area contributed by atoms with Crippen molar-refractivity contribution in [2.24, 2.45) is 5.41 Å². The van der Waals surface area contributed by atoms with E-state index in [0.717, 1.165) is 32.8 Å². The van der Waals surface area contributed by atoms with Gasteiger partial charge >= 0.3 is 0 Å². The molecular weight excluding hydrogens is 200 g/mol. The molecule has 1 aliphatic rings. The van der Waals surface area contributed by atoms with Gasteiger partial charge < -0.3 is 15.0 Å². The zero-order valence-electron chi connectivity index (χ0n) is 11.4. The van der Waals surface area contributed by atoms with Gasteiger partial charge in [0.2, 0.25) is 0 Å². The third kappa shape index (κ3) is 3.72. The van der Waals surface area contributed by atoms with Crippen LogP contribution in [0.3, 0.4) is 0 Å². The molecule has 96 valence electrons. The summed E-state index contributed by atoms with van der Waals surface area (Å²) in [5, 5.41) is 3.34. The summed E-state index contributed by atoms with van der Waals surface area (Å²) in [5.74, 6) is 0. The molecule has 0 saturated carbocycles. The molecule has 1 aliphatic heterocycles. The van der Waals surface area contributed by atoms with Crippen molar-refractivity contribution in [2.75, 3.05) is 39.9 Å². The van der Waals surface area contributed by atoms with E-state index >= 15 is 0 Å². The highest BCUT2D eigenvalue weighted by Gasteiger charge is 2.34. The topological polar surface area (TPSA) is 24.5 Å². The Kier molecular flexibility index (Phi) is 5.73. The van der Waals surface area contributed by atoms with Crippen molar-refractivity contribution in [3.63, 3.8) is 0 Å². The van der Waals surface area contributed by atoms with Gasteiger partial charge in [0.1, 0.15) is 0 Å². The molecule has 0 amide bonds. The number of ether oxygens (including phenoxy) is 1. The van der Waals surface area contributed by atoms with E-state index in [1.165, 1.54) is 12.8 Å². The van der Waals surface area contributed by atoms with Crippen molar-refractivity contribution in [3.05, 3.63) is 0 Å². The summed E-state index contributed by atoms with van der Waals surface area (Å²) < 4.78 is 5.70. The van der Waals surface area contributed by atoms with Crippen LogP contribution in [-0.4, -0.2) is 50.8 Å². The van der Waals surface area contributed by atoms with E-state index in [-0.39, 0.29) is 0 Å². The maximum Gasteiger partial charge on any atom is 0.0546 e. The quantitative estimate of drug-likeness (QED) is 0.749. The first-order valence-electron chi connectivity index (χ1n) is 6.60. The van der Waals surface area contributed by atoms with Crippen LogP contribution in [0.4, 0.5) is 0 Å². The van der Waals surface area contributed by atoms with Crippen molar-refractivity contribution < 1.29 is 4.74 Å². The van der Waals surface area contributed by atoms with Gasteiger partial charge in [0, 0.05) is 31.2 Å². The van der Waals surface area contributed by atoms with Crippen molar-refractivity contribution in [1.82, 2.24) is 10.2 Å². The lowest BCUT2D eigenvalue weighted by Gasteiger charge is -2.42. The number of hydrogen-bond donors (Lipinski definition) is 1. The maximum atomic E-state index is 5.70. The van der Waals surface area contributed by atoms with E-state index in [2.05, 4.69) is 31.0 Å². The van der Waals surface area contributed by atoms with E-state index < -0.39 is 0 Å². The first-order chi connectivity index (χ1) is 7.63. The third-order valence-electron chi connectivity index (χ3n) is 3.63. The van der Waals surface area contributed by atoms with E-state index in [1.807, 2.05) is 7.05 Å². The largest absolute Gasteiger partial charge is 0.381 e. The summed E-state index contributed by atoms with van der Waals surface area (Å²) in [6.45, 7) is 12.0. The highest BCUT2D eigenvalue weighted by atomic mass is 16.5. The fourth-order valence-electron chi connectivity index (χ4n) is 2.70. The minimum Gasteiger partial charge on any atom is -0.381 e. The molecule has 0 aromatic rings. The summed E-state index contributed by atoms with van der Waals surface area (Å²) in [6.07, 6.45) is 2.49. The van der Waals surface area contributed by atoms with Gasteiger partial charge in [-0.05, 0) is 40.3 Å². The first-order valence-corrected chi connectivity index (χ1v) is 6.60. The molecule has 0 spiro atoms. The van der Waals surface area contributed by atoms with E-state index in [1.54, 1.807) is 0 Å². The highest BCUT2D eigenvalue weighted by Crippen LogP contribution is 2.29. The Hall–Kier alpha value is -0.120. The summed E-state index contributed by atoms with van der Waals surface area (Å²) in [7, 11) is 2.04. The summed E-state index contributed by atoms with van der Waals surface area (Å²) in [4.78, 5) is 2.55. The molecule has 1 N–H and O–H groups in total. The zero-order chi connectivity index (χ0) is 12.0. The van der Waals surface area contributed by atoms with Crippen molar-refractivity contribution in [2.45, 2.75) is 39.7 Å². The van der Waals surface area contributed by atoms with Crippen LogP contribution in [0.15, 0.2) is 0 Å². The number of hydrogen-bond acceptors (Lipinski definition) is 3. The molecule has 1 heterocycles. The molecule has 3 nitrogen and oxygen atoms in total. The minimum atomic E-state index is 0.327. The Morgan fingerprint density at radius 1 is 1.44 bits per heavy atom. The van der Waals surface area contributed by atoms with Crippen molar-refractivity contribution in [1.29, 1.82) is 0 Å². The zero-order valence-corrected chi connectivity index (χ0v) is 11.4. The lowest BCUT2D eigenvalue weighted by molar-refractivity contribution is -0.0291. The lowest BCUT2D eigenvalue weighted by Crippen LogP contribution is -2.50. The van der Waals surface area contributed by atoms with Crippen LogP contribution in [0.25, 0.3) is 0 Å². The Balaban J connectivity index is 2.61. The van der Waals surface area contributed by atoms with Gasteiger partial charge in [0.05, 0.1) is 6.61 Å². The fourth-order valence-corrected chi connectivity index (χ4v) is 2.70. The molecule has 1 fully saturated rings. The predicted octanol–water partition coefficient (Wildman–Crippen LogP) is 1.73. The van der Waals surface area contributed by atoms with Gasteiger partial charge in [-0.25, -0.2) is 0 Å². The highest BCUT2D eigenvalue weighted by molar-refractivity contribution is 4.87. The van der Waals surface area contributed by atoms with Crippen LogP contribution in [0.5, 0.6) is 0 Å². The van der Waals surface area contributed by atoms with Gasteiger partial charge in [-0.15, -0.1) is 0 Å². The molecular formula is C13H28N2O. The third-order valence-corrected chi connectivity index (χ3v) is 3.63. The van der Waals surface area contributed by atoms with Gasteiger partial charge in [-0.2, -0.15) is 0 Å². The van der Waals surface area contributed by atoms with Gasteiger partial charge in [-0.1, -0.05) is 6.92 Å². The smallest absolute Gasteiger partial charge is 0.0546 e. The molecule has 0 radical (unpaired) electrons. The van der Waals surface area contributed by atoms with Crippen LogP contribution < -0.4 is 5.32 Å². The molecule has 1 saturated heterocycles. The van der Waals surface area contributed by atoms with E-state index in [0.29, 0.717) is 11.5 Å². The second kappa shape index (κ2) is 6.58. The number of nitrogens with zero attached hydrogens (tertiary/aromatic N) is 1. The average Bonchev–Trinajstić information content (AvgIpc) is 2.27. The molecule has 0 bridgehead atoms. The molecule has 0 aliphatic carbocycles. The average molecular weight is 228 g/mol. The normalized spacial score (nSPS) is 26.6. The van der Waals surface area contributed by atoms with E-state index in [4.69, 9.17) is 4.74 Å². The summed E-state index contributed by atoms with van der Waals surface area (Å²) >= 11 is 0. The van der Waals surface area contributed by atoms with Crippen LogP contribution in [-0.2, 0) is 4.74 Å². The lowest BCUT2D eigenvalue weighted by atomic mass is 9.81. The van der Waals surface area contributed by atoms with Crippen LogP contribution >= 0.6 is 0 Å². The molecule has 0 aromatic heterocycles. The first kappa shape index (κ1) is 13.9. The standard InChI is InChI=1S/C13H28N2O/c1-5-15(12(2)3)10-13(9-14-4)7-6-8-16-11-13/h12,14H,5-11H2,1-4H3. The second-order valence-electron chi connectivity index (χ2n) is 5.34. The maximum absolute atomic E-state index is 5.70. The monoisotopic (exact) mass is 228 g/mol. The summed E-state index contributed by atoms with van der Waals surface area (Å²) in [5.41, 5.74) is 0.327. The Morgan fingerprint density at radius 3 is 2.62 bits per heavy atom. The summed E-state index contributed by atoms with van der Waals surface area (Å²) in [6, 6.07) is 0.626.